The topological polar surface area (TPSA) is 41.6 Å². The Morgan fingerprint density at radius 1 is 1.18 bits per heavy atom. The van der Waals surface area contributed by atoms with Gasteiger partial charge < -0.3 is 10.1 Å². The van der Waals surface area contributed by atoms with Crippen molar-refractivity contribution in [3.63, 3.8) is 0 Å². The van der Waals surface area contributed by atoms with E-state index in [2.05, 4.69) is 10.2 Å². The second-order valence-electron chi connectivity index (χ2n) is 7.43. The number of hydrogen-bond acceptors (Lipinski definition) is 4. The van der Waals surface area contributed by atoms with Crippen LogP contribution in [-0.2, 0) is 6.18 Å². The van der Waals surface area contributed by atoms with E-state index in [-0.39, 0.29) is 28.2 Å². The van der Waals surface area contributed by atoms with Crippen molar-refractivity contribution in [2.24, 2.45) is 0 Å². The predicted molar refractivity (Wildman–Crippen MR) is 104 cm³/mol. The second-order valence-corrected chi connectivity index (χ2v) is 8.28. The Hall–Kier alpha value is -1.41. The van der Waals surface area contributed by atoms with Gasteiger partial charge in [-0.2, -0.15) is 13.2 Å². The summed E-state index contributed by atoms with van der Waals surface area (Å²) in [5.41, 5.74) is -0.619. The van der Waals surface area contributed by atoms with Crippen LogP contribution in [0.3, 0.4) is 0 Å². The van der Waals surface area contributed by atoms with Gasteiger partial charge in [-0.15, -0.1) is 11.8 Å². The number of ether oxygens (including phenoxy) is 1. The van der Waals surface area contributed by atoms with Gasteiger partial charge in [0.05, 0.1) is 18.2 Å². The Labute approximate surface area is 168 Å². The zero-order valence-electron chi connectivity index (χ0n) is 16.3. The van der Waals surface area contributed by atoms with Crippen LogP contribution in [0.15, 0.2) is 17.0 Å². The van der Waals surface area contributed by atoms with Crippen LogP contribution < -0.4 is 10.1 Å². The molecule has 28 heavy (non-hydrogen) atoms. The smallest absolute Gasteiger partial charge is 0.416 e. The SMILES string of the molecule is COc1cc(C(F)(F)F)cc(SC)c1C(=O)N[C@@H]1CCCC[C@@H]1N1CCCC1. The monoisotopic (exact) mass is 416 g/mol. The van der Waals surface area contributed by atoms with Crippen LogP contribution in [0.2, 0.25) is 0 Å². The molecular weight excluding hydrogens is 389 g/mol. The zero-order chi connectivity index (χ0) is 20.3. The minimum atomic E-state index is -4.49. The van der Waals surface area contributed by atoms with Gasteiger partial charge in [-0.3, -0.25) is 9.69 Å². The summed E-state index contributed by atoms with van der Waals surface area (Å²) in [6.07, 6.45) is 3.67. The average Bonchev–Trinajstić information content (AvgIpc) is 3.21. The maximum absolute atomic E-state index is 13.2. The van der Waals surface area contributed by atoms with Gasteiger partial charge in [0.15, 0.2) is 0 Å². The molecule has 2 aliphatic rings. The number of benzene rings is 1. The fourth-order valence-corrected chi connectivity index (χ4v) is 4.97. The van der Waals surface area contributed by atoms with E-state index in [9.17, 15) is 18.0 Å². The molecule has 1 saturated carbocycles. The maximum Gasteiger partial charge on any atom is 0.416 e. The summed E-state index contributed by atoms with van der Waals surface area (Å²) in [6, 6.07) is 2.26. The number of methoxy groups -OCH3 is 1. The van der Waals surface area contributed by atoms with Gasteiger partial charge in [-0.25, -0.2) is 0 Å². The van der Waals surface area contributed by atoms with Crippen LogP contribution in [0, 0.1) is 0 Å². The Morgan fingerprint density at radius 3 is 2.46 bits per heavy atom. The lowest BCUT2D eigenvalue weighted by molar-refractivity contribution is -0.137. The Bertz CT molecular complexity index is 680. The molecule has 1 N–H and O–H groups in total. The highest BCUT2D eigenvalue weighted by molar-refractivity contribution is 7.98. The lowest BCUT2D eigenvalue weighted by Crippen LogP contribution is -2.52. The molecule has 0 bridgehead atoms. The molecule has 0 spiro atoms. The molecule has 4 nitrogen and oxygen atoms in total. The molecule has 0 unspecified atom stereocenters. The minimum absolute atomic E-state index is 0.0149. The number of nitrogens with zero attached hydrogens (tertiary/aromatic N) is 1. The number of thioether (sulfide) groups is 1. The maximum atomic E-state index is 13.2. The highest BCUT2D eigenvalue weighted by atomic mass is 32.2. The van der Waals surface area contributed by atoms with Crippen molar-refractivity contribution in [3.05, 3.63) is 23.3 Å². The standard InChI is InChI=1S/C20H27F3N2O2S/c1-27-16-11-13(20(21,22)23)12-17(28-2)18(16)19(26)24-14-7-3-4-8-15(14)25-9-5-6-10-25/h11-12,14-15H,3-10H2,1-2H3,(H,24,26)/t14-,15+/m1/s1. The molecule has 1 saturated heterocycles. The first-order valence-corrected chi connectivity index (χ1v) is 11.0. The van der Waals surface area contributed by atoms with Crippen molar-refractivity contribution in [1.82, 2.24) is 10.2 Å². The number of amides is 1. The molecular formula is C20H27F3N2O2S. The van der Waals surface area contributed by atoms with Crippen molar-refractivity contribution in [1.29, 1.82) is 0 Å². The molecule has 8 heteroatoms. The third-order valence-corrected chi connectivity index (χ3v) is 6.48. The number of halogens is 3. The van der Waals surface area contributed by atoms with E-state index in [0.717, 1.165) is 62.7 Å². The molecule has 1 aliphatic heterocycles. The lowest BCUT2D eigenvalue weighted by Gasteiger charge is -2.38. The molecule has 3 rings (SSSR count). The summed E-state index contributed by atoms with van der Waals surface area (Å²) in [5, 5.41) is 3.11. The number of carbonyl (C=O) groups is 1. The number of nitrogens with one attached hydrogen (secondary N) is 1. The first kappa shape index (κ1) is 21.3. The molecule has 156 valence electrons. The Kier molecular flexibility index (Phi) is 6.81. The van der Waals surface area contributed by atoms with Crippen LogP contribution in [0.4, 0.5) is 13.2 Å². The van der Waals surface area contributed by atoms with Crippen LogP contribution in [-0.4, -0.2) is 49.3 Å². The molecule has 1 aromatic rings. The van der Waals surface area contributed by atoms with Gasteiger partial charge in [0.25, 0.3) is 5.91 Å². The normalized spacial score (nSPS) is 23.6. The number of likely N-dealkylation sites (tertiary alicyclic amines) is 1. The van der Waals surface area contributed by atoms with Crippen molar-refractivity contribution in [2.75, 3.05) is 26.5 Å². The lowest BCUT2D eigenvalue weighted by atomic mass is 9.89. The summed E-state index contributed by atoms with van der Waals surface area (Å²) in [5.74, 6) is -0.392. The van der Waals surface area contributed by atoms with E-state index < -0.39 is 11.7 Å². The second kappa shape index (κ2) is 8.95. The molecule has 1 aromatic carbocycles. The third kappa shape index (κ3) is 4.59. The summed E-state index contributed by atoms with van der Waals surface area (Å²) in [7, 11) is 1.30. The molecule has 1 heterocycles. The number of rotatable bonds is 5. The fourth-order valence-electron chi connectivity index (χ4n) is 4.33. The van der Waals surface area contributed by atoms with E-state index >= 15 is 0 Å². The van der Waals surface area contributed by atoms with Gasteiger partial charge in [0.2, 0.25) is 0 Å². The van der Waals surface area contributed by atoms with E-state index in [0.29, 0.717) is 6.04 Å². The average molecular weight is 417 g/mol. The first-order valence-electron chi connectivity index (χ1n) is 9.73. The van der Waals surface area contributed by atoms with Crippen LogP contribution in [0.25, 0.3) is 0 Å². The van der Waals surface area contributed by atoms with E-state index in [1.54, 1.807) is 6.26 Å². The van der Waals surface area contributed by atoms with Gasteiger partial charge in [0.1, 0.15) is 5.75 Å². The largest absolute Gasteiger partial charge is 0.496 e. The number of alkyl halides is 3. The van der Waals surface area contributed by atoms with Gasteiger partial charge in [-0.1, -0.05) is 12.8 Å². The van der Waals surface area contributed by atoms with Gasteiger partial charge in [-0.05, 0) is 57.2 Å². The minimum Gasteiger partial charge on any atom is -0.496 e. The molecule has 0 aromatic heterocycles. The molecule has 2 fully saturated rings. The van der Waals surface area contributed by atoms with Crippen molar-refractivity contribution in [2.45, 2.75) is 61.7 Å². The quantitative estimate of drug-likeness (QED) is 0.714. The van der Waals surface area contributed by atoms with E-state index in [4.69, 9.17) is 4.74 Å². The highest BCUT2D eigenvalue weighted by Crippen LogP contribution is 2.38. The Balaban J connectivity index is 1.86. The van der Waals surface area contributed by atoms with Crippen molar-refractivity contribution in [3.8, 4) is 5.75 Å². The highest BCUT2D eigenvalue weighted by Gasteiger charge is 2.36. The van der Waals surface area contributed by atoms with Crippen LogP contribution in [0.5, 0.6) is 5.75 Å². The molecule has 1 aliphatic carbocycles. The van der Waals surface area contributed by atoms with E-state index in [1.807, 2.05) is 0 Å². The number of carbonyl (C=O) groups excluding carboxylic acids is 1. The Morgan fingerprint density at radius 2 is 1.86 bits per heavy atom. The van der Waals surface area contributed by atoms with Crippen molar-refractivity contribution < 1.29 is 22.7 Å². The summed E-state index contributed by atoms with van der Waals surface area (Å²) in [4.78, 5) is 15.8. The third-order valence-electron chi connectivity index (χ3n) is 5.72. The van der Waals surface area contributed by atoms with Crippen LogP contribution in [0.1, 0.15) is 54.4 Å². The predicted octanol–water partition coefficient (Wildman–Crippen LogP) is 4.57. The first-order chi connectivity index (χ1) is 13.3. The fraction of sp³-hybridized carbons (Fsp3) is 0.650. The summed E-state index contributed by atoms with van der Waals surface area (Å²) >= 11 is 1.12. The molecule has 0 radical (unpaired) electrons. The van der Waals surface area contributed by atoms with Gasteiger partial charge >= 0.3 is 6.18 Å². The zero-order valence-corrected chi connectivity index (χ0v) is 17.1. The van der Waals surface area contributed by atoms with Gasteiger partial charge in [0, 0.05) is 17.0 Å². The van der Waals surface area contributed by atoms with E-state index in [1.165, 1.54) is 20.0 Å². The summed E-state index contributed by atoms with van der Waals surface area (Å²) < 4.78 is 44.7. The molecule has 2 atom stereocenters. The van der Waals surface area contributed by atoms with Crippen LogP contribution >= 0.6 is 11.8 Å². The molecule has 1 amide bonds. The summed E-state index contributed by atoms with van der Waals surface area (Å²) in [6.45, 7) is 2.10. The number of hydrogen-bond donors (Lipinski definition) is 1. The van der Waals surface area contributed by atoms with Crippen molar-refractivity contribution >= 4 is 17.7 Å².